The van der Waals surface area contributed by atoms with Gasteiger partial charge in [0.1, 0.15) is 23.9 Å². The van der Waals surface area contributed by atoms with E-state index in [2.05, 4.69) is 10.1 Å². The van der Waals surface area contributed by atoms with E-state index in [1.807, 2.05) is 30.9 Å². The number of hydrogen-bond donors (Lipinski definition) is 0. The van der Waals surface area contributed by atoms with Gasteiger partial charge >= 0.3 is 0 Å². The molecule has 31 heavy (non-hydrogen) atoms. The van der Waals surface area contributed by atoms with Gasteiger partial charge in [-0.15, -0.1) is 0 Å². The summed E-state index contributed by atoms with van der Waals surface area (Å²) in [6.07, 6.45) is 0.863. The van der Waals surface area contributed by atoms with Crippen molar-refractivity contribution in [3.8, 4) is 5.75 Å². The molecule has 2 heterocycles. The smallest absolute Gasteiger partial charge is 0.253 e. The Morgan fingerprint density at radius 3 is 2.45 bits per heavy atom. The lowest BCUT2D eigenvalue weighted by Gasteiger charge is -2.24. The summed E-state index contributed by atoms with van der Waals surface area (Å²) in [5, 5.41) is 3.93. The molecule has 162 valence electrons. The summed E-state index contributed by atoms with van der Waals surface area (Å²) >= 11 is 0. The first-order valence-corrected chi connectivity index (χ1v) is 10.5. The molecule has 2 aromatic carbocycles. The van der Waals surface area contributed by atoms with Crippen LogP contribution >= 0.6 is 0 Å². The number of aromatic nitrogens is 1. The van der Waals surface area contributed by atoms with Gasteiger partial charge in [-0.05, 0) is 68.8 Å². The summed E-state index contributed by atoms with van der Waals surface area (Å²) in [4.78, 5) is 17.1. The molecule has 4 rings (SSSR count). The van der Waals surface area contributed by atoms with Gasteiger partial charge < -0.3 is 19.1 Å². The van der Waals surface area contributed by atoms with E-state index >= 15 is 0 Å². The van der Waals surface area contributed by atoms with Gasteiger partial charge in [-0.2, -0.15) is 0 Å². The van der Waals surface area contributed by atoms with Crippen molar-refractivity contribution in [3.05, 3.63) is 76.9 Å². The van der Waals surface area contributed by atoms with Crippen molar-refractivity contribution in [2.45, 2.75) is 26.9 Å². The molecule has 0 spiro atoms. The first-order valence-electron chi connectivity index (χ1n) is 10.5. The molecule has 1 aromatic heterocycles. The minimum absolute atomic E-state index is 0.0122. The van der Waals surface area contributed by atoms with Crippen LogP contribution in [0.5, 0.6) is 5.75 Å². The SMILES string of the molecule is Cc1noc(C)c1COc1ccc(C(=O)N2CCCN(c3ccc(F)cc3)CC2)cc1. The molecular weight excluding hydrogens is 397 g/mol. The van der Waals surface area contributed by atoms with E-state index < -0.39 is 0 Å². The van der Waals surface area contributed by atoms with Crippen LogP contribution in [0.1, 0.15) is 33.8 Å². The molecule has 1 amide bonds. The quantitative estimate of drug-likeness (QED) is 0.610. The highest BCUT2D eigenvalue weighted by Crippen LogP contribution is 2.20. The molecule has 0 aliphatic carbocycles. The Balaban J connectivity index is 1.35. The number of halogens is 1. The van der Waals surface area contributed by atoms with Crippen molar-refractivity contribution in [1.82, 2.24) is 10.1 Å². The highest BCUT2D eigenvalue weighted by molar-refractivity contribution is 5.94. The molecule has 0 atom stereocenters. The maximum atomic E-state index is 13.2. The Morgan fingerprint density at radius 1 is 1.03 bits per heavy atom. The molecule has 1 aliphatic heterocycles. The normalized spacial score (nSPS) is 14.4. The minimum atomic E-state index is -0.241. The number of anilines is 1. The third-order valence-corrected chi connectivity index (χ3v) is 5.64. The lowest BCUT2D eigenvalue weighted by atomic mass is 10.2. The van der Waals surface area contributed by atoms with E-state index in [1.165, 1.54) is 12.1 Å². The maximum absolute atomic E-state index is 13.2. The van der Waals surface area contributed by atoms with Crippen LogP contribution in [-0.2, 0) is 6.61 Å². The van der Waals surface area contributed by atoms with Gasteiger partial charge in [-0.25, -0.2) is 4.39 Å². The Kier molecular flexibility index (Phi) is 6.21. The second-order valence-corrected chi connectivity index (χ2v) is 7.72. The molecule has 0 radical (unpaired) electrons. The molecule has 0 unspecified atom stereocenters. The van der Waals surface area contributed by atoms with Crippen molar-refractivity contribution in [1.29, 1.82) is 0 Å². The van der Waals surface area contributed by atoms with E-state index in [0.29, 0.717) is 31.0 Å². The fourth-order valence-corrected chi connectivity index (χ4v) is 3.77. The molecule has 1 fully saturated rings. The number of nitrogens with zero attached hydrogens (tertiary/aromatic N) is 3. The molecule has 7 heteroatoms. The Hall–Kier alpha value is -3.35. The van der Waals surface area contributed by atoms with E-state index in [4.69, 9.17) is 9.26 Å². The van der Waals surface area contributed by atoms with Crippen molar-refractivity contribution >= 4 is 11.6 Å². The predicted octanol–water partition coefficient (Wildman–Crippen LogP) is 4.36. The average molecular weight is 423 g/mol. The van der Waals surface area contributed by atoms with E-state index in [1.54, 1.807) is 24.3 Å². The predicted molar refractivity (Wildman–Crippen MR) is 116 cm³/mol. The largest absolute Gasteiger partial charge is 0.489 e. The maximum Gasteiger partial charge on any atom is 0.253 e. The van der Waals surface area contributed by atoms with Crippen LogP contribution in [0.4, 0.5) is 10.1 Å². The second kappa shape index (κ2) is 9.20. The summed E-state index contributed by atoms with van der Waals surface area (Å²) in [6, 6.07) is 13.7. The zero-order valence-corrected chi connectivity index (χ0v) is 17.8. The van der Waals surface area contributed by atoms with E-state index in [0.717, 1.165) is 42.2 Å². The van der Waals surface area contributed by atoms with Crippen molar-refractivity contribution in [2.24, 2.45) is 0 Å². The standard InChI is InChI=1S/C24H26FN3O3/c1-17-23(18(2)31-26-17)16-30-22-10-4-19(5-11-22)24(29)28-13-3-12-27(14-15-28)21-8-6-20(25)7-9-21/h4-11H,3,12-16H2,1-2H3. The van der Waals surface area contributed by atoms with Gasteiger partial charge in [-0.3, -0.25) is 4.79 Å². The van der Waals surface area contributed by atoms with Crippen molar-refractivity contribution in [2.75, 3.05) is 31.1 Å². The number of amides is 1. The molecule has 1 saturated heterocycles. The third kappa shape index (κ3) is 4.87. The first-order chi connectivity index (χ1) is 15.0. The number of benzene rings is 2. The summed E-state index contributed by atoms with van der Waals surface area (Å²) in [7, 11) is 0. The highest BCUT2D eigenvalue weighted by atomic mass is 19.1. The summed E-state index contributed by atoms with van der Waals surface area (Å²) in [6.45, 7) is 7.00. The van der Waals surface area contributed by atoms with Crippen LogP contribution in [0.15, 0.2) is 53.1 Å². The number of rotatable bonds is 5. The number of hydrogen-bond acceptors (Lipinski definition) is 5. The first kappa shape index (κ1) is 20.9. The lowest BCUT2D eigenvalue weighted by molar-refractivity contribution is 0.0767. The van der Waals surface area contributed by atoms with Crippen LogP contribution in [0.25, 0.3) is 0 Å². The van der Waals surface area contributed by atoms with Gasteiger partial charge in [0.25, 0.3) is 5.91 Å². The van der Waals surface area contributed by atoms with Gasteiger partial charge in [0.05, 0.1) is 11.3 Å². The monoisotopic (exact) mass is 423 g/mol. The Labute approximate surface area is 181 Å². The number of ether oxygens (including phenoxy) is 1. The third-order valence-electron chi connectivity index (χ3n) is 5.64. The van der Waals surface area contributed by atoms with Crippen molar-refractivity contribution in [3.63, 3.8) is 0 Å². The summed E-state index contributed by atoms with van der Waals surface area (Å²) in [5.41, 5.74) is 3.38. The Morgan fingerprint density at radius 2 is 1.77 bits per heavy atom. The number of aryl methyl sites for hydroxylation is 2. The number of carbonyl (C=O) groups is 1. The number of carbonyl (C=O) groups excluding carboxylic acids is 1. The zero-order valence-electron chi connectivity index (χ0n) is 17.8. The summed E-state index contributed by atoms with van der Waals surface area (Å²) < 4.78 is 24.2. The molecule has 1 aliphatic rings. The summed E-state index contributed by atoms with van der Waals surface area (Å²) in [5.74, 6) is 1.21. The van der Waals surface area contributed by atoms with Crippen LogP contribution in [0.3, 0.4) is 0 Å². The average Bonchev–Trinajstić information content (AvgIpc) is 2.96. The van der Waals surface area contributed by atoms with Gasteiger partial charge in [0, 0.05) is 37.4 Å². The fraction of sp³-hybridized carbons (Fsp3) is 0.333. The minimum Gasteiger partial charge on any atom is -0.489 e. The van der Waals surface area contributed by atoms with Crippen LogP contribution in [0, 0.1) is 19.7 Å². The molecule has 0 bridgehead atoms. The second-order valence-electron chi connectivity index (χ2n) is 7.72. The van der Waals surface area contributed by atoms with Gasteiger partial charge in [-0.1, -0.05) is 5.16 Å². The van der Waals surface area contributed by atoms with Crippen LogP contribution in [0.2, 0.25) is 0 Å². The van der Waals surface area contributed by atoms with Crippen molar-refractivity contribution < 1.29 is 18.4 Å². The highest BCUT2D eigenvalue weighted by Gasteiger charge is 2.20. The topological polar surface area (TPSA) is 58.8 Å². The molecule has 3 aromatic rings. The van der Waals surface area contributed by atoms with Crippen LogP contribution in [-0.4, -0.2) is 42.1 Å². The van der Waals surface area contributed by atoms with Gasteiger partial charge in [0.2, 0.25) is 0 Å². The van der Waals surface area contributed by atoms with E-state index in [-0.39, 0.29) is 11.7 Å². The fourth-order valence-electron chi connectivity index (χ4n) is 3.77. The Bertz CT molecular complexity index is 1010. The van der Waals surface area contributed by atoms with Crippen LogP contribution < -0.4 is 9.64 Å². The molecule has 0 saturated carbocycles. The van der Waals surface area contributed by atoms with E-state index in [9.17, 15) is 9.18 Å². The molecular formula is C24H26FN3O3. The van der Waals surface area contributed by atoms with Gasteiger partial charge in [0.15, 0.2) is 0 Å². The molecule has 0 N–H and O–H groups in total. The lowest BCUT2D eigenvalue weighted by Crippen LogP contribution is -2.35. The molecule has 6 nitrogen and oxygen atoms in total. The zero-order chi connectivity index (χ0) is 21.8.